The second kappa shape index (κ2) is 12.6. The predicted octanol–water partition coefficient (Wildman–Crippen LogP) is 5.23. The first-order valence-electron chi connectivity index (χ1n) is 14.3. The summed E-state index contributed by atoms with van der Waals surface area (Å²) in [6.45, 7) is -1.20. The van der Waals surface area contributed by atoms with Crippen LogP contribution in [-0.4, -0.2) is 54.8 Å². The molecule has 0 fully saturated rings. The number of oxazole rings is 1. The van der Waals surface area contributed by atoms with Gasteiger partial charge in [-0.25, -0.2) is 36.1 Å². The van der Waals surface area contributed by atoms with Crippen LogP contribution in [-0.2, 0) is 29.7 Å². The van der Waals surface area contributed by atoms with Crippen LogP contribution in [0.2, 0.25) is 0 Å². The largest absolute Gasteiger partial charge is 0.497 e. The maximum atomic E-state index is 15.9. The number of pyridine rings is 1. The van der Waals surface area contributed by atoms with E-state index < -0.39 is 51.2 Å². The molecule has 1 amide bonds. The predicted molar refractivity (Wildman–Crippen MR) is 165 cm³/mol. The number of aromatic nitrogens is 2. The number of hydrogen-bond donors (Lipinski definition) is 1. The molecular formula is C32H27F3N4O8S. The molecular weight excluding hydrogens is 657 g/mol. The summed E-state index contributed by atoms with van der Waals surface area (Å²) in [7, 11) is -2.06. The Hall–Kier alpha value is -5.51. The topological polar surface area (TPSA) is 144 Å². The number of ether oxygens (including phenoxy) is 2. The Bertz CT molecular complexity index is 2220. The molecule has 1 atom stereocenters. The summed E-state index contributed by atoms with van der Waals surface area (Å²) in [5.74, 6) is -2.91. The standard InChI is InChI=1S/C32H27F3N4O8S/c1-45-20-10-9-19(26(11-20)46-2)15-39(30-8-4-7-29(35)36-30)48(43,44)28-13-27-25(12-23(28)33)38(32(42)47-27)14-18-5-3-6-21-22(18)16-37(31(40)41)17-24(21)34/h3-13,24H,14-17H2,1-2H3,(H,40,41). The molecule has 1 aliphatic heterocycles. The summed E-state index contributed by atoms with van der Waals surface area (Å²) >= 11 is 0. The number of fused-ring (bicyclic) bond motifs is 2. The van der Waals surface area contributed by atoms with Gasteiger partial charge in [0, 0.05) is 30.3 Å². The van der Waals surface area contributed by atoms with Crippen LogP contribution in [0, 0.1) is 11.8 Å². The molecule has 6 rings (SSSR count). The quantitative estimate of drug-likeness (QED) is 0.206. The second-order valence-corrected chi connectivity index (χ2v) is 12.7. The van der Waals surface area contributed by atoms with E-state index in [1.807, 2.05) is 0 Å². The van der Waals surface area contributed by atoms with Crippen molar-refractivity contribution in [2.45, 2.75) is 30.7 Å². The molecule has 0 radical (unpaired) electrons. The summed E-state index contributed by atoms with van der Waals surface area (Å²) < 4.78 is 91.0. The number of hydrogen-bond acceptors (Lipinski definition) is 8. The molecule has 0 saturated carbocycles. The number of carboxylic acid groups (broad SMARTS) is 1. The first-order valence-corrected chi connectivity index (χ1v) is 15.8. The maximum absolute atomic E-state index is 15.9. The number of halogens is 3. The van der Waals surface area contributed by atoms with Crippen molar-refractivity contribution in [2.75, 3.05) is 25.1 Å². The number of anilines is 1. The van der Waals surface area contributed by atoms with Crippen LogP contribution in [0.1, 0.15) is 28.4 Å². The molecule has 48 heavy (non-hydrogen) atoms. The third-order valence-electron chi connectivity index (χ3n) is 8.03. The summed E-state index contributed by atoms with van der Waals surface area (Å²) in [5.41, 5.74) is 0.935. The number of nitrogens with zero attached hydrogens (tertiary/aromatic N) is 4. The highest BCUT2D eigenvalue weighted by Gasteiger charge is 2.33. The van der Waals surface area contributed by atoms with E-state index in [1.54, 1.807) is 18.2 Å². The Kier molecular flexibility index (Phi) is 8.51. The fourth-order valence-corrected chi connectivity index (χ4v) is 7.10. The van der Waals surface area contributed by atoms with Crippen molar-refractivity contribution < 1.29 is 45.4 Å². The average molecular weight is 685 g/mol. The van der Waals surface area contributed by atoms with Crippen LogP contribution >= 0.6 is 0 Å². The Labute approximate surface area is 271 Å². The molecule has 3 aromatic carbocycles. The van der Waals surface area contributed by atoms with Gasteiger partial charge < -0.3 is 23.9 Å². The second-order valence-electron chi connectivity index (χ2n) is 10.8. The van der Waals surface area contributed by atoms with Gasteiger partial charge in [-0.1, -0.05) is 24.3 Å². The molecule has 3 heterocycles. The van der Waals surface area contributed by atoms with Gasteiger partial charge in [-0.2, -0.15) is 4.39 Å². The minimum absolute atomic E-state index is 0.107. The van der Waals surface area contributed by atoms with Gasteiger partial charge in [-0.15, -0.1) is 0 Å². The molecule has 2 aromatic heterocycles. The third kappa shape index (κ3) is 5.90. The van der Waals surface area contributed by atoms with Gasteiger partial charge in [0.15, 0.2) is 5.58 Å². The Balaban J connectivity index is 1.42. The fraction of sp³-hybridized carbons (Fsp3) is 0.219. The summed E-state index contributed by atoms with van der Waals surface area (Å²) in [6, 6.07) is 14.4. The van der Waals surface area contributed by atoms with Crippen LogP contribution in [0.3, 0.4) is 0 Å². The van der Waals surface area contributed by atoms with Crippen LogP contribution < -0.4 is 19.5 Å². The van der Waals surface area contributed by atoms with Gasteiger partial charge in [-0.05, 0) is 41.0 Å². The third-order valence-corrected chi connectivity index (χ3v) is 9.79. The van der Waals surface area contributed by atoms with Crippen LogP contribution in [0.25, 0.3) is 11.1 Å². The lowest BCUT2D eigenvalue weighted by Gasteiger charge is -2.30. The number of carbonyl (C=O) groups is 1. The number of sulfonamides is 1. The molecule has 0 spiro atoms. The number of methoxy groups -OCH3 is 2. The zero-order valence-corrected chi connectivity index (χ0v) is 26.2. The molecule has 1 aliphatic rings. The van der Waals surface area contributed by atoms with E-state index in [1.165, 1.54) is 44.6 Å². The van der Waals surface area contributed by atoms with Gasteiger partial charge in [0.2, 0.25) is 5.95 Å². The van der Waals surface area contributed by atoms with Crippen LogP contribution in [0.4, 0.5) is 23.8 Å². The summed E-state index contributed by atoms with van der Waals surface area (Å²) in [4.78, 5) is 28.4. The highest BCUT2D eigenvalue weighted by molar-refractivity contribution is 7.92. The molecule has 0 saturated heterocycles. The molecule has 12 nitrogen and oxygen atoms in total. The molecule has 250 valence electrons. The smallest absolute Gasteiger partial charge is 0.420 e. The lowest BCUT2D eigenvalue weighted by atomic mass is 9.93. The number of amides is 1. The van der Waals surface area contributed by atoms with Crippen molar-refractivity contribution in [3.63, 3.8) is 0 Å². The Morgan fingerprint density at radius 2 is 1.83 bits per heavy atom. The maximum Gasteiger partial charge on any atom is 0.420 e. The molecule has 1 N–H and O–H groups in total. The Morgan fingerprint density at radius 3 is 2.54 bits per heavy atom. The van der Waals surface area contributed by atoms with E-state index in [-0.39, 0.29) is 47.9 Å². The zero-order valence-electron chi connectivity index (χ0n) is 25.4. The van der Waals surface area contributed by atoms with Crippen molar-refractivity contribution in [1.29, 1.82) is 0 Å². The number of alkyl halides is 1. The number of rotatable bonds is 9. The van der Waals surface area contributed by atoms with Crippen molar-refractivity contribution in [1.82, 2.24) is 14.5 Å². The number of benzene rings is 3. The van der Waals surface area contributed by atoms with E-state index >= 15 is 4.39 Å². The lowest BCUT2D eigenvalue weighted by molar-refractivity contribution is 0.117. The average Bonchev–Trinajstić information content (AvgIpc) is 3.36. The van der Waals surface area contributed by atoms with Crippen LogP contribution in [0.15, 0.2) is 80.8 Å². The molecule has 16 heteroatoms. The molecule has 0 aliphatic carbocycles. The minimum Gasteiger partial charge on any atom is -0.497 e. The van der Waals surface area contributed by atoms with Crippen molar-refractivity contribution in [3.05, 3.63) is 111 Å². The van der Waals surface area contributed by atoms with Gasteiger partial charge in [0.1, 0.15) is 34.2 Å². The highest BCUT2D eigenvalue weighted by atomic mass is 32.2. The van der Waals surface area contributed by atoms with E-state index in [0.717, 1.165) is 27.7 Å². The van der Waals surface area contributed by atoms with E-state index in [4.69, 9.17) is 13.9 Å². The van der Waals surface area contributed by atoms with Gasteiger partial charge >= 0.3 is 11.8 Å². The van der Waals surface area contributed by atoms with E-state index in [9.17, 15) is 31.9 Å². The first kappa shape index (κ1) is 32.4. The zero-order chi connectivity index (χ0) is 34.3. The monoisotopic (exact) mass is 684 g/mol. The van der Waals surface area contributed by atoms with Crippen LogP contribution in [0.5, 0.6) is 11.5 Å². The van der Waals surface area contributed by atoms with Gasteiger partial charge in [0.05, 0.1) is 39.4 Å². The van der Waals surface area contributed by atoms with E-state index in [0.29, 0.717) is 26.7 Å². The first-order chi connectivity index (χ1) is 22.9. The Morgan fingerprint density at radius 1 is 1.06 bits per heavy atom. The molecule has 0 bridgehead atoms. The lowest BCUT2D eigenvalue weighted by Crippen LogP contribution is -2.37. The summed E-state index contributed by atoms with van der Waals surface area (Å²) in [5, 5.41) is 9.45. The fourth-order valence-electron chi connectivity index (χ4n) is 5.65. The van der Waals surface area contributed by atoms with Crippen molar-refractivity contribution in [3.8, 4) is 11.5 Å². The highest BCUT2D eigenvalue weighted by Crippen LogP contribution is 2.34. The normalized spacial score (nSPS) is 14.5. The van der Waals surface area contributed by atoms with Crippen molar-refractivity contribution in [2.24, 2.45) is 0 Å². The minimum atomic E-state index is -4.86. The molecule has 1 unspecified atom stereocenters. The SMILES string of the molecule is COc1ccc(CN(c2cccc(F)n2)S(=O)(=O)c2cc3oc(=O)n(Cc4cccc5c4CN(C(=O)O)CC5F)c3cc2F)c(OC)c1. The van der Waals surface area contributed by atoms with Crippen molar-refractivity contribution >= 4 is 33.0 Å². The molecule has 5 aromatic rings. The van der Waals surface area contributed by atoms with Gasteiger partial charge in [0.25, 0.3) is 10.0 Å². The van der Waals surface area contributed by atoms with Gasteiger partial charge in [-0.3, -0.25) is 4.57 Å². The summed E-state index contributed by atoms with van der Waals surface area (Å²) in [6.07, 6.45) is -2.91. The van der Waals surface area contributed by atoms with E-state index in [2.05, 4.69) is 4.98 Å².